The highest BCUT2D eigenvalue weighted by Gasteiger charge is 2.14. The largest absolute Gasteiger partial charge is 0.760 e. The zero-order valence-corrected chi connectivity index (χ0v) is 16.1. The molecule has 2 N–H and O–H groups in total. The summed E-state index contributed by atoms with van der Waals surface area (Å²) in [5.41, 5.74) is 1.81. The van der Waals surface area contributed by atoms with E-state index in [0.29, 0.717) is 28.0 Å². The van der Waals surface area contributed by atoms with Gasteiger partial charge in [0, 0.05) is 28.8 Å². The van der Waals surface area contributed by atoms with Crippen LogP contribution in [0.3, 0.4) is 0 Å². The molecule has 0 spiro atoms. The number of methoxy groups -OCH3 is 2. The lowest BCUT2D eigenvalue weighted by atomic mass is 10.0. The van der Waals surface area contributed by atoms with Gasteiger partial charge in [0.2, 0.25) is 0 Å². The van der Waals surface area contributed by atoms with E-state index >= 15 is 0 Å². The first-order valence-corrected chi connectivity index (χ1v) is 8.67. The van der Waals surface area contributed by atoms with Crippen LogP contribution in [0.25, 0.3) is 22.0 Å². The maximum absolute atomic E-state index is 12.2. The monoisotopic (exact) mass is 410 g/mol. The van der Waals surface area contributed by atoms with E-state index < -0.39 is 11.3 Å². The van der Waals surface area contributed by atoms with Crippen molar-refractivity contribution in [1.29, 1.82) is 0 Å². The number of H-pyrrole nitrogens is 1. The Morgan fingerprint density at radius 1 is 1.11 bits per heavy atom. The number of aromatic amines is 1. The highest BCUT2D eigenvalue weighted by Crippen LogP contribution is 2.34. The summed E-state index contributed by atoms with van der Waals surface area (Å²) in [4.78, 5) is 12.2. The molecule has 3 rings (SSSR count). The fraction of sp³-hybridized carbons (Fsp3) is 0.176. The number of hydrogen-bond acceptors (Lipinski definition) is 6. The van der Waals surface area contributed by atoms with Gasteiger partial charge in [-0.15, -0.1) is 12.4 Å². The Morgan fingerprint density at radius 2 is 1.70 bits per heavy atom. The number of nitrogens with one attached hydrogen (secondary N) is 2. The molecular formula is C17H17ClN3O5S-. The molecule has 0 radical (unpaired) electrons. The van der Waals surface area contributed by atoms with Gasteiger partial charge in [-0.25, -0.2) is 9.82 Å². The van der Waals surface area contributed by atoms with Crippen molar-refractivity contribution in [1.82, 2.24) is 14.9 Å². The summed E-state index contributed by atoms with van der Waals surface area (Å²) in [6, 6.07) is 10.5. The summed E-state index contributed by atoms with van der Waals surface area (Å²) < 4.78 is 34.0. The average Bonchev–Trinajstić information content (AvgIpc) is 2.66. The molecule has 0 aliphatic rings. The van der Waals surface area contributed by atoms with Gasteiger partial charge >= 0.3 is 0 Å². The Bertz CT molecular complexity index is 1020. The molecule has 0 bridgehead atoms. The van der Waals surface area contributed by atoms with Crippen molar-refractivity contribution in [2.24, 2.45) is 0 Å². The number of benzene rings is 2. The Balaban J connectivity index is 0.00000261. The summed E-state index contributed by atoms with van der Waals surface area (Å²) in [6.45, 7) is 0.196. The molecule has 1 aromatic heterocycles. The van der Waals surface area contributed by atoms with Crippen LogP contribution >= 0.6 is 12.4 Å². The Morgan fingerprint density at radius 3 is 2.26 bits per heavy atom. The molecule has 0 saturated carbocycles. The first-order chi connectivity index (χ1) is 12.5. The highest BCUT2D eigenvalue weighted by atomic mass is 35.5. The van der Waals surface area contributed by atoms with E-state index in [-0.39, 0.29) is 24.5 Å². The summed E-state index contributed by atoms with van der Waals surface area (Å²) >= 11 is -2.31. The molecule has 0 saturated heterocycles. The predicted molar refractivity (Wildman–Crippen MR) is 104 cm³/mol. The van der Waals surface area contributed by atoms with Crippen molar-refractivity contribution in [2.45, 2.75) is 6.54 Å². The molecule has 0 fully saturated rings. The topological polar surface area (TPSA) is 116 Å². The molecule has 0 amide bonds. The molecule has 1 unspecified atom stereocenters. The maximum Gasteiger partial charge on any atom is 0.272 e. The fourth-order valence-electron chi connectivity index (χ4n) is 2.63. The van der Waals surface area contributed by atoms with Gasteiger partial charge in [-0.05, 0) is 17.7 Å². The molecule has 2 aromatic carbocycles. The van der Waals surface area contributed by atoms with Crippen LogP contribution in [0.1, 0.15) is 5.56 Å². The maximum atomic E-state index is 12.2. The second-order valence-electron chi connectivity index (χ2n) is 5.41. The quantitative estimate of drug-likeness (QED) is 0.599. The first-order valence-electron chi connectivity index (χ1n) is 7.60. The van der Waals surface area contributed by atoms with E-state index in [0.717, 1.165) is 11.1 Å². The number of fused-ring (bicyclic) bond motifs is 1. The van der Waals surface area contributed by atoms with Crippen molar-refractivity contribution in [3.05, 3.63) is 52.3 Å². The molecular weight excluding hydrogens is 394 g/mol. The van der Waals surface area contributed by atoms with Crippen molar-refractivity contribution >= 4 is 34.4 Å². The minimum Gasteiger partial charge on any atom is -0.760 e. The molecule has 0 aliphatic heterocycles. The Kier molecular flexibility index (Phi) is 6.92. The van der Waals surface area contributed by atoms with E-state index in [1.807, 2.05) is 12.1 Å². The fourth-order valence-corrected chi connectivity index (χ4v) is 2.92. The molecule has 8 nitrogen and oxygen atoms in total. The lowest BCUT2D eigenvalue weighted by molar-refractivity contribution is 0.356. The van der Waals surface area contributed by atoms with E-state index in [4.69, 9.17) is 9.47 Å². The van der Waals surface area contributed by atoms with Gasteiger partial charge in [0.25, 0.3) is 5.56 Å². The van der Waals surface area contributed by atoms with E-state index in [1.165, 1.54) is 14.2 Å². The smallest absolute Gasteiger partial charge is 0.272 e. The standard InChI is InChI=1S/C17H17N3O5S.ClH/c1-24-14-7-12-13(8-15(14)25-2)17(21)20-19-16(12)11-5-3-10(4-6-11)9-18-26(22)23;/h3-8,18H,9H2,1-2H3,(H,20,21)(H,22,23);1H/p-1. The highest BCUT2D eigenvalue weighted by molar-refractivity contribution is 7.77. The molecule has 0 aliphatic carbocycles. The third kappa shape index (κ3) is 4.45. The SMILES string of the molecule is COc1cc2c(-c3ccc(CNS(=O)[O-])cc3)n[nH]c(=O)c2cc1OC.Cl. The molecule has 1 heterocycles. The number of ether oxygens (including phenoxy) is 2. The number of nitrogens with zero attached hydrogens (tertiary/aromatic N) is 1. The average molecular weight is 411 g/mol. The van der Waals surface area contributed by atoms with Gasteiger partial charge in [-0.3, -0.25) is 9.00 Å². The van der Waals surface area contributed by atoms with Crippen molar-refractivity contribution in [2.75, 3.05) is 14.2 Å². The third-order valence-corrected chi connectivity index (χ3v) is 4.29. The van der Waals surface area contributed by atoms with Gasteiger partial charge in [-0.1, -0.05) is 24.3 Å². The summed E-state index contributed by atoms with van der Waals surface area (Å²) in [6.07, 6.45) is 0. The molecule has 3 aromatic rings. The van der Waals surface area contributed by atoms with Crippen LogP contribution in [0.2, 0.25) is 0 Å². The normalized spacial score (nSPS) is 11.7. The summed E-state index contributed by atoms with van der Waals surface area (Å²) in [5, 5.41) is 7.71. The third-order valence-electron chi connectivity index (χ3n) is 3.91. The van der Waals surface area contributed by atoms with Gasteiger partial charge in [0.1, 0.15) is 0 Å². The van der Waals surface area contributed by atoms with Crippen LogP contribution in [0, 0.1) is 0 Å². The van der Waals surface area contributed by atoms with E-state index in [9.17, 15) is 13.6 Å². The van der Waals surface area contributed by atoms with Crippen LogP contribution in [-0.4, -0.2) is 33.2 Å². The number of halogens is 1. The zero-order valence-electron chi connectivity index (χ0n) is 14.5. The summed E-state index contributed by atoms with van der Waals surface area (Å²) in [5.74, 6) is 0.946. The molecule has 27 heavy (non-hydrogen) atoms. The van der Waals surface area contributed by atoms with Crippen LogP contribution < -0.4 is 19.8 Å². The van der Waals surface area contributed by atoms with Crippen LogP contribution in [0.5, 0.6) is 11.5 Å². The number of rotatable bonds is 6. The van der Waals surface area contributed by atoms with Crippen molar-refractivity contribution < 1.29 is 18.2 Å². The van der Waals surface area contributed by atoms with Crippen LogP contribution in [-0.2, 0) is 17.8 Å². The lowest BCUT2D eigenvalue weighted by Crippen LogP contribution is -2.15. The minimum absolute atomic E-state index is 0. The lowest BCUT2D eigenvalue weighted by Gasteiger charge is -2.11. The second kappa shape index (κ2) is 8.96. The van der Waals surface area contributed by atoms with Gasteiger partial charge < -0.3 is 14.0 Å². The van der Waals surface area contributed by atoms with Crippen LogP contribution in [0.15, 0.2) is 41.2 Å². The summed E-state index contributed by atoms with van der Waals surface area (Å²) in [7, 11) is 3.02. The second-order valence-corrected chi connectivity index (χ2v) is 6.16. The molecule has 1 atom stereocenters. The zero-order chi connectivity index (χ0) is 18.7. The van der Waals surface area contributed by atoms with E-state index in [2.05, 4.69) is 14.9 Å². The van der Waals surface area contributed by atoms with E-state index in [1.54, 1.807) is 24.3 Å². The van der Waals surface area contributed by atoms with Gasteiger partial charge in [-0.2, -0.15) is 5.10 Å². The minimum atomic E-state index is -2.31. The first kappa shape index (κ1) is 20.8. The number of aromatic nitrogens is 2. The Hall–Kier alpha value is -2.46. The predicted octanol–water partition coefficient (Wildman–Crippen LogP) is 1.91. The Labute approximate surface area is 163 Å². The molecule has 10 heteroatoms. The van der Waals surface area contributed by atoms with Crippen molar-refractivity contribution in [3.63, 3.8) is 0 Å². The number of hydrogen-bond donors (Lipinski definition) is 2. The van der Waals surface area contributed by atoms with Crippen molar-refractivity contribution in [3.8, 4) is 22.8 Å². The molecule has 144 valence electrons. The van der Waals surface area contributed by atoms with Gasteiger partial charge in [0.15, 0.2) is 11.5 Å². The van der Waals surface area contributed by atoms with Gasteiger partial charge in [0.05, 0.1) is 25.3 Å². The van der Waals surface area contributed by atoms with Crippen LogP contribution in [0.4, 0.5) is 0 Å².